The molecule has 0 saturated carbocycles. The quantitative estimate of drug-likeness (QED) is 0.385. The zero-order chi connectivity index (χ0) is 16.5. The molecule has 0 unspecified atom stereocenters. The number of nitrogens with one attached hydrogen (secondary N) is 2. The van der Waals surface area contributed by atoms with Crippen LogP contribution in [0.4, 0.5) is 5.69 Å². The van der Waals surface area contributed by atoms with Gasteiger partial charge in [-0.3, -0.25) is 9.89 Å². The number of hydrogen-bond donors (Lipinski definition) is 2. The third-order valence-electron chi connectivity index (χ3n) is 3.92. The molecule has 2 rings (SSSR count). The average Bonchev–Trinajstić information content (AvgIpc) is 2.56. The number of aliphatic imine (C=N–C) groups is 1. The van der Waals surface area contributed by atoms with E-state index in [-0.39, 0.29) is 24.0 Å². The van der Waals surface area contributed by atoms with E-state index >= 15 is 0 Å². The number of benzene rings is 1. The molecule has 5 nitrogen and oxygen atoms in total. The molecule has 1 aliphatic heterocycles. The largest absolute Gasteiger partial charge is 0.369 e. The number of anilines is 1. The minimum Gasteiger partial charge on any atom is -0.369 e. The summed E-state index contributed by atoms with van der Waals surface area (Å²) in [6.45, 7) is 12.0. The molecular weight excluding hydrogens is 437 g/mol. The summed E-state index contributed by atoms with van der Waals surface area (Å²) in [4.78, 5) is 9.48. The highest BCUT2D eigenvalue weighted by Gasteiger charge is 2.16. The highest BCUT2D eigenvalue weighted by molar-refractivity contribution is 14.0. The highest BCUT2D eigenvalue weighted by atomic mass is 127. The predicted octanol–water partition coefficient (Wildman–Crippen LogP) is 2.66. The first-order valence-corrected chi connectivity index (χ1v) is 8.85. The first-order valence-electron chi connectivity index (χ1n) is 8.48. The van der Waals surface area contributed by atoms with Crippen molar-refractivity contribution >= 4 is 47.2 Å². The van der Waals surface area contributed by atoms with Gasteiger partial charge in [0.1, 0.15) is 0 Å². The molecule has 0 radical (unpaired) electrons. The first-order chi connectivity index (χ1) is 11.2. The molecule has 1 fully saturated rings. The summed E-state index contributed by atoms with van der Waals surface area (Å²) in [6.07, 6.45) is 0. The van der Waals surface area contributed by atoms with E-state index in [1.165, 1.54) is 5.69 Å². The fourth-order valence-electron chi connectivity index (χ4n) is 2.71. The lowest BCUT2D eigenvalue weighted by molar-refractivity contribution is 0.265. The lowest BCUT2D eigenvalue weighted by Crippen LogP contribution is -2.47. The van der Waals surface area contributed by atoms with Crippen LogP contribution >= 0.6 is 35.6 Å². The van der Waals surface area contributed by atoms with Crippen LogP contribution in [0.2, 0.25) is 5.02 Å². The lowest BCUT2D eigenvalue weighted by atomic mass is 10.2. The molecule has 0 spiro atoms. The van der Waals surface area contributed by atoms with E-state index in [1.54, 1.807) is 0 Å². The van der Waals surface area contributed by atoms with Gasteiger partial charge in [-0.25, -0.2) is 0 Å². The maximum absolute atomic E-state index is 6.08. The normalized spacial score (nSPS) is 14.7. The fourth-order valence-corrected chi connectivity index (χ4v) is 2.90. The molecule has 0 atom stereocenters. The third-order valence-corrected chi connectivity index (χ3v) is 4.16. The number of hydrogen-bond acceptors (Lipinski definition) is 3. The van der Waals surface area contributed by atoms with Crippen LogP contribution in [0.5, 0.6) is 0 Å². The van der Waals surface area contributed by atoms with E-state index in [0.29, 0.717) is 0 Å². The summed E-state index contributed by atoms with van der Waals surface area (Å²) in [5.41, 5.74) is 1.22. The molecule has 0 amide bonds. The Morgan fingerprint density at radius 3 is 2.38 bits per heavy atom. The minimum atomic E-state index is 0. The standard InChI is InChI=1S/C17H28ClN5.HI/c1-3-19-17(20-4-2)21-8-9-22-10-12-23(13-11-22)16-7-5-6-15(18)14-16;/h5-7,14H,3-4,8-13H2,1-2H3,(H2,19,20,21);1H. The van der Waals surface area contributed by atoms with Crippen molar-refractivity contribution < 1.29 is 0 Å². The molecule has 0 bridgehead atoms. The van der Waals surface area contributed by atoms with Crippen molar-refractivity contribution in [3.63, 3.8) is 0 Å². The van der Waals surface area contributed by atoms with Gasteiger partial charge in [-0.2, -0.15) is 0 Å². The molecule has 1 aromatic rings. The van der Waals surface area contributed by atoms with Crippen LogP contribution < -0.4 is 15.5 Å². The minimum absolute atomic E-state index is 0. The highest BCUT2D eigenvalue weighted by Crippen LogP contribution is 2.20. The van der Waals surface area contributed by atoms with E-state index < -0.39 is 0 Å². The molecule has 136 valence electrons. The van der Waals surface area contributed by atoms with Gasteiger partial charge in [0, 0.05) is 56.5 Å². The van der Waals surface area contributed by atoms with E-state index in [2.05, 4.69) is 45.3 Å². The van der Waals surface area contributed by atoms with Gasteiger partial charge < -0.3 is 15.5 Å². The Morgan fingerprint density at radius 1 is 1.12 bits per heavy atom. The zero-order valence-electron chi connectivity index (χ0n) is 14.6. The summed E-state index contributed by atoms with van der Waals surface area (Å²) >= 11 is 6.08. The monoisotopic (exact) mass is 465 g/mol. The summed E-state index contributed by atoms with van der Waals surface area (Å²) < 4.78 is 0. The number of nitrogens with zero attached hydrogens (tertiary/aromatic N) is 3. The van der Waals surface area contributed by atoms with Crippen LogP contribution in [0.3, 0.4) is 0 Å². The topological polar surface area (TPSA) is 42.9 Å². The van der Waals surface area contributed by atoms with Crippen molar-refractivity contribution in [2.75, 3.05) is 57.3 Å². The van der Waals surface area contributed by atoms with E-state index in [4.69, 9.17) is 11.6 Å². The van der Waals surface area contributed by atoms with Crippen molar-refractivity contribution in [1.29, 1.82) is 0 Å². The fraction of sp³-hybridized carbons (Fsp3) is 0.588. The summed E-state index contributed by atoms with van der Waals surface area (Å²) in [5.74, 6) is 0.910. The first kappa shape index (κ1) is 21.3. The second-order valence-corrected chi connectivity index (χ2v) is 6.04. The Bertz CT molecular complexity index is 496. The van der Waals surface area contributed by atoms with Crippen LogP contribution in [0, 0.1) is 0 Å². The predicted molar refractivity (Wildman–Crippen MR) is 115 cm³/mol. The molecule has 1 saturated heterocycles. The molecule has 1 aliphatic rings. The van der Waals surface area contributed by atoms with Crippen LogP contribution in [-0.4, -0.2) is 63.2 Å². The van der Waals surface area contributed by atoms with Gasteiger partial charge in [0.25, 0.3) is 0 Å². The smallest absolute Gasteiger partial charge is 0.191 e. The third kappa shape index (κ3) is 7.03. The van der Waals surface area contributed by atoms with Crippen molar-refractivity contribution in [2.24, 2.45) is 4.99 Å². The van der Waals surface area contributed by atoms with Gasteiger partial charge in [0.2, 0.25) is 0 Å². The van der Waals surface area contributed by atoms with Gasteiger partial charge >= 0.3 is 0 Å². The summed E-state index contributed by atoms with van der Waals surface area (Å²) in [7, 11) is 0. The van der Waals surface area contributed by atoms with Crippen LogP contribution in [0.15, 0.2) is 29.3 Å². The summed E-state index contributed by atoms with van der Waals surface area (Å²) in [5, 5.41) is 7.31. The van der Waals surface area contributed by atoms with Gasteiger partial charge in [-0.15, -0.1) is 24.0 Å². The van der Waals surface area contributed by atoms with Crippen LogP contribution in [0.25, 0.3) is 0 Å². The number of halogens is 2. The molecule has 1 heterocycles. The lowest BCUT2D eigenvalue weighted by Gasteiger charge is -2.36. The van der Waals surface area contributed by atoms with E-state index in [0.717, 1.165) is 63.3 Å². The molecule has 2 N–H and O–H groups in total. The molecule has 7 heteroatoms. The average molecular weight is 466 g/mol. The van der Waals surface area contributed by atoms with Crippen molar-refractivity contribution in [3.8, 4) is 0 Å². The van der Waals surface area contributed by atoms with Crippen LogP contribution in [0.1, 0.15) is 13.8 Å². The Morgan fingerprint density at radius 2 is 1.79 bits per heavy atom. The second-order valence-electron chi connectivity index (χ2n) is 5.60. The molecular formula is C17H29ClIN5. The van der Waals surface area contributed by atoms with E-state index in [9.17, 15) is 0 Å². The number of guanidine groups is 1. The Labute approximate surface area is 167 Å². The Balaban J connectivity index is 0.00000288. The van der Waals surface area contributed by atoms with E-state index in [1.807, 2.05) is 18.2 Å². The van der Waals surface area contributed by atoms with Crippen molar-refractivity contribution in [3.05, 3.63) is 29.3 Å². The van der Waals surface area contributed by atoms with Crippen molar-refractivity contribution in [2.45, 2.75) is 13.8 Å². The molecule has 0 aromatic heterocycles. The Hall–Kier alpha value is -0.730. The van der Waals surface area contributed by atoms with Gasteiger partial charge in [-0.05, 0) is 32.0 Å². The molecule has 24 heavy (non-hydrogen) atoms. The second kappa shape index (κ2) is 11.8. The Kier molecular flexibility index (Phi) is 10.4. The SMILES string of the molecule is CCNC(=NCCN1CCN(c2cccc(Cl)c2)CC1)NCC.I. The van der Waals surface area contributed by atoms with Crippen LogP contribution in [-0.2, 0) is 0 Å². The number of rotatable bonds is 6. The summed E-state index contributed by atoms with van der Waals surface area (Å²) in [6, 6.07) is 8.11. The molecule has 1 aromatic carbocycles. The zero-order valence-corrected chi connectivity index (χ0v) is 17.7. The van der Waals surface area contributed by atoms with Gasteiger partial charge in [0.15, 0.2) is 5.96 Å². The maximum Gasteiger partial charge on any atom is 0.191 e. The number of piperazine rings is 1. The maximum atomic E-state index is 6.08. The van der Waals surface area contributed by atoms with Crippen molar-refractivity contribution in [1.82, 2.24) is 15.5 Å². The van der Waals surface area contributed by atoms with Gasteiger partial charge in [0.05, 0.1) is 6.54 Å². The van der Waals surface area contributed by atoms with Gasteiger partial charge in [-0.1, -0.05) is 17.7 Å². The molecule has 0 aliphatic carbocycles.